The van der Waals surface area contributed by atoms with Gasteiger partial charge in [0.15, 0.2) is 5.69 Å². The summed E-state index contributed by atoms with van der Waals surface area (Å²) in [5.41, 5.74) is -0.764. The highest BCUT2D eigenvalue weighted by Gasteiger charge is 2.41. The Morgan fingerprint density at radius 3 is 2.55 bits per heavy atom. The Balaban J connectivity index is 1.82. The lowest BCUT2D eigenvalue weighted by Crippen LogP contribution is -2.44. The van der Waals surface area contributed by atoms with Crippen molar-refractivity contribution in [3.05, 3.63) is 47.3 Å². The minimum atomic E-state index is -4.77. The second kappa shape index (κ2) is 9.11. The number of benzene rings is 1. The van der Waals surface area contributed by atoms with E-state index in [-0.39, 0.29) is 29.6 Å². The summed E-state index contributed by atoms with van der Waals surface area (Å²) in [6, 6.07) is 6.18. The van der Waals surface area contributed by atoms with Gasteiger partial charge in [0.1, 0.15) is 0 Å². The molecule has 2 aromatic rings. The number of para-hydroxylation sites is 1. The van der Waals surface area contributed by atoms with Crippen LogP contribution in [0.1, 0.15) is 61.1 Å². The Kier molecular flexibility index (Phi) is 6.71. The van der Waals surface area contributed by atoms with Gasteiger partial charge in [-0.2, -0.15) is 18.3 Å². The van der Waals surface area contributed by atoms with Crippen molar-refractivity contribution in [3.8, 4) is 5.69 Å². The first kappa shape index (κ1) is 22.8. The third kappa shape index (κ3) is 5.26. The number of halogens is 3. The lowest BCUT2D eigenvalue weighted by Gasteiger charge is -2.29. The van der Waals surface area contributed by atoms with Crippen molar-refractivity contribution in [1.82, 2.24) is 20.4 Å². The minimum Gasteiger partial charge on any atom is -0.354 e. The first-order chi connectivity index (χ1) is 14.6. The molecule has 168 valence electrons. The number of hydrogen-bond donors (Lipinski definition) is 2. The topological polar surface area (TPSA) is 76.0 Å². The molecule has 2 N–H and O–H groups in total. The molecule has 9 heteroatoms. The molecule has 2 amide bonds. The van der Waals surface area contributed by atoms with E-state index in [0.29, 0.717) is 24.8 Å². The molecule has 0 aliphatic heterocycles. The zero-order valence-corrected chi connectivity index (χ0v) is 17.8. The van der Waals surface area contributed by atoms with E-state index in [1.807, 2.05) is 13.8 Å². The molecule has 1 aromatic carbocycles. The highest BCUT2D eigenvalue weighted by atomic mass is 19.4. The van der Waals surface area contributed by atoms with Crippen molar-refractivity contribution in [1.29, 1.82) is 0 Å². The van der Waals surface area contributed by atoms with Crippen molar-refractivity contribution in [2.24, 2.45) is 5.92 Å². The molecule has 1 aliphatic carbocycles. The number of amides is 2. The van der Waals surface area contributed by atoms with Crippen molar-refractivity contribution >= 4 is 11.8 Å². The highest BCUT2D eigenvalue weighted by Crippen LogP contribution is 2.34. The average Bonchev–Trinajstić information content (AvgIpc) is 3.13. The SMILES string of the molecule is Cc1ccccc1-n1ncc(C(=O)NC2CCCC(C(=O)NC(C)C)C2)c1C(F)(F)F. The Hall–Kier alpha value is -2.84. The fourth-order valence-electron chi connectivity index (χ4n) is 4.00. The molecule has 6 nitrogen and oxygen atoms in total. The van der Waals surface area contributed by atoms with Gasteiger partial charge in [-0.1, -0.05) is 24.6 Å². The van der Waals surface area contributed by atoms with Crippen LogP contribution in [0.15, 0.2) is 30.5 Å². The molecular weight excluding hydrogens is 409 g/mol. The minimum absolute atomic E-state index is 0.00379. The van der Waals surface area contributed by atoms with Gasteiger partial charge < -0.3 is 10.6 Å². The standard InChI is InChI=1S/C22H27F3N4O2/c1-13(2)27-20(30)15-8-6-9-16(11-15)28-21(31)17-12-26-29(19(17)22(23,24)25)18-10-5-4-7-14(18)3/h4-5,7,10,12-13,15-16H,6,8-9,11H2,1-3H3,(H,27,30)(H,28,31). The number of aromatic nitrogens is 2. The molecule has 0 radical (unpaired) electrons. The summed E-state index contributed by atoms with van der Waals surface area (Å²) >= 11 is 0. The summed E-state index contributed by atoms with van der Waals surface area (Å²) in [5.74, 6) is -1.18. The lowest BCUT2D eigenvalue weighted by molar-refractivity contribution is -0.143. The van der Waals surface area contributed by atoms with Crippen LogP contribution in [-0.2, 0) is 11.0 Å². The molecule has 0 spiro atoms. The Morgan fingerprint density at radius 2 is 1.90 bits per heavy atom. The van der Waals surface area contributed by atoms with E-state index in [2.05, 4.69) is 15.7 Å². The molecule has 1 aromatic heterocycles. The third-order valence-electron chi connectivity index (χ3n) is 5.44. The molecule has 1 fully saturated rings. The first-order valence-electron chi connectivity index (χ1n) is 10.4. The Labute approximate surface area is 179 Å². The van der Waals surface area contributed by atoms with Crippen molar-refractivity contribution in [3.63, 3.8) is 0 Å². The number of aryl methyl sites for hydroxylation is 1. The molecule has 2 atom stereocenters. The van der Waals surface area contributed by atoms with Gasteiger partial charge in [0.2, 0.25) is 5.91 Å². The first-order valence-corrected chi connectivity index (χ1v) is 10.4. The zero-order chi connectivity index (χ0) is 22.8. The maximum absolute atomic E-state index is 13.9. The van der Waals surface area contributed by atoms with E-state index in [9.17, 15) is 22.8 Å². The van der Waals surface area contributed by atoms with Gasteiger partial charge in [0, 0.05) is 18.0 Å². The molecule has 0 bridgehead atoms. The van der Waals surface area contributed by atoms with Gasteiger partial charge >= 0.3 is 6.18 Å². The van der Waals surface area contributed by atoms with Gasteiger partial charge in [0.25, 0.3) is 5.91 Å². The molecule has 2 unspecified atom stereocenters. The van der Waals surface area contributed by atoms with Crippen LogP contribution in [0.2, 0.25) is 0 Å². The lowest BCUT2D eigenvalue weighted by atomic mass is 9.85. The number of rotatable bonds is 5. The number of carbonyl (C=O) groups excluding carboxylic acids is 2. The van der Waals surface area contributed by atoms with Crippen LogP contribution in [0, 0.1) is 12.8 Å². The van der Waals surface area contributed by atoms with E-state index in [1.165, 1.54) is 6.07 Å². The highest BCUT2D eigenvalue weighted by molar-refractivity contribution is 5.95. The van der Waals surface area contributed by atoms with E-state index in [1.54, 1.807) is 25.1 Å². The summed E-state index contributed by atoms with van der Waals surface area (Å²) in [5, 5.41) is 9.43. The van der Waals surface area contributed by atoms with Crippen molar-refractivity contribution in [2.75, 3.05) is 0 Å². The van der Waals surface area contributed by atoms with Gasteiger partial charge in [-0.15, -0.1) is 0 Å². The largest absolute Gasteiger partial charge is 0.434 e. The molecular formula is C22H27F3N4O2. The number of carbonyl (C=O) groups is 2. The predicted octanol–water partition coefficient (Wildman–Crippen LogP) is 4.01. The summed E-state index contributed by atoms with van der Waals surface area (Å²) in [7, 11) is 0. The molecule has 0 saturated heterocycles. The van der Waals surface area contributed by atoms with E-state index in [4.69, 9.17) is 0 Å². The monoisotopic (exact) mass is 436 g/mol. The van der Waals surface area contributed by atoms with Crippen LogP contribution in [0.25, 0.3) is 5.69 Å². The van der Waals surface area contributed by atoms with Crippen LogP contribution in [0.5, 0.6) is 0 Å². The van der Waals surface area contributed by atoms with Gasteiger partial charge in [0.05, 0.1) is 17.4 Å². The normalized spacial score (nSPS) is 19.3. The van der Waals surface area contributed by atoms with Crippen LogP contribution in [-0.4, -0.2) is 33.7 Å². The van der Waals surface area contributed by atoms with Crippen LogP contribution in [0.3, 0.4) is 0 Å². The fraction of sp³-hybridized carbons (Fsp3) is 0.500. The molecule has 1 saturated carbocycles. The second-order valence-corrected chi connectivity index (χ2v) is 8.30. The van der Waals surface area contributed by atoms with Gasteiger partial charge in [-0.25, -0.2) is 4.68 Å². The molecule has 31 heavy (non-hydrogen) atoms. The summed E-state index contributed by atoms with van der Waals surface area (Å²) in [4.78, 5) is 25.1. The van der Waals surface area contributed by atoms with Crippen LogP contribution < -0.4 is 10.6 Å². The molecule has 3 rings (SSSR count). The fourth-order valence-corrected chi connectivity index (χ4v) is 4.00. The van der Waals surface area contributed by atoms with Crippen LogP contribution >= 0.6 is 0 Å². The van der Waals surface area contributed by atoms with Crippen molar-refractivity contribution in [2.45, 2.75) is 64.7 Å². The number of hydrogen-bond acceptors (Lipinski definition) is 3. The van der Waals surface area contributed by atoms with E-state index < -0.39 is 23.3 Å². The third-order valence-corrected chi connectivity index (χ3v) is 5.44. The maximum atomic E-state index is 13.9. The summed E-state index contributed by atoms with van der Waals surface area (Å²) in [6.45, 7) is 5.41. The molecule has 1 heterocycles. The number of nitrogens with one attached hydrogen (secondary N) is 2. The Bertz CT molecular complexity index is 952. The molecule has 1 aliphatic rings. The number of nitrogens with zero attached hydrogens (tertiary/aromatic N) is 2. The average molecular weight is 436 g/mol. The zero-order valence-electron chi connectivity index (χ0n) is 17.8. The number of alkyl halides is 3. The predicted molar refractivity (Wildman–Crippen MR) is 110 cm³/mol. The second-order valence-electron chi connectivity index (χ2n) is 8.30. The van der Waals surface area contributed by atoms with Crippen LogP contribution in [0.4, 0.5) is 13.2 Å². The van der Waals surface area contributed by atoms with Gasteiger partial charge in [-0.05, 0) is 51.7 Å². The summed E-state index contributed by atoms with van der Waals surface area (Å²) < 4.78 is 42.4. The van der Waals surface area contributed by atoms with E-state index >= 15 is 0 Å². The van der Waals surface area contributed by atoms with Crippen molar-refractivity contribution < 1.29 is 22.8 Å². The van der Waals surface area contributed by atoms with Gasteiger partial charge in [-0.3, -0.25) is 9.59 Å². The maximum Gasteiger partial charge on any atom is 0.434 e. The Morgan fingerprint density at radius 1 is 1.19 bits per heavy atom. The summed E-state index contributed by atoms with van der Waals surface area (Å²) in [6.07, 6.45) is -1.38. The van der Waals surface area contributed by atoms with E-state index in [0.717, 1.165) is 17.3 Å². The smallest absolute Gasteiger partial charge is 0.354 e. The quantitative estimate of drug-likeness (QED) is 0.744.